The normalized spacial score (nSPS) is 42.5. The molecule has 0 radical (unpaired) electrons. The van der Waals surface area contributed by atoms with Crippen LogP contribution < -0.4 is 5.73 Å². The highest BCUT2D eigenvalue weighted by Gasteiger charge is 2.36. The second kappa shape index (κ2) is 3.58. The molecule has 0 bridgehead atoms. The summed E-state index contributed by atoms with van der Waals surface area (Å²) in [4.78, 5) is 2.69. The van der Waals surface area contributed by atoms with Crippen LogP contribution in [0.25, 0.3) is 0 Å². The summed E-state index contributed by atoms with van der Waals surface area (Å²) >= 11 is 0. The molecule has 2 fully saturated rings. The predicted molar refractivity (Wildman–Crippen MR) is 55.7 cm³/mol. The van der Waals surface area contributed by atoms with Crippen molar-refractivity contribution in [2.24, 2.45) is 5.73 Å². The van der Waals surface area contributed by atoms with Crippen LogP contribution in [0.2, 0.25) is 0 Å². The second-order valence-electron chi connectivity index (χ2n) is 5.03. The first kappa shape index (κ1) is 9.47. The SMILES string of the molecule is CC1(N2CCCC2)CCC(N)CC1. The number of nitrogens with zero attached hydrogens (tertiary/aromatic N) is 1. The molecule has 0 aromatic rings. The van der Waals surface area contributed by atoms with Crippen LogP contribution in [0.3, 0.4) is 0 Å². The molecule has 1 aliphatic carbocycles. The topological polar surface area (TPSA) is 29.3 Å². The quantitative estimate of drug-likeness (QED) is 0.669. The van der Waals surface area contributed by atoms with E-state index in [4.69, 9.17) is 5.73 Å². The van der Waals surface area contributed by atoms with Gasteiger partial charge in [-0.25, -0.2) is 0 Å². The molecule has 0 amide bonds. The summed E-state index contributed by atoms with van der Waals surface area (Å²) in [5.74, 6) is 0. The summed E-state index contributed by atoms with van der Waals surface area (Å²) < 4.78 is 0. The smallest absolute Gasteiger partial charge is 0.0182 e. The van der Waals surface area contributed by atoms with Crippen LogP contribution >= 0.6 is 0 Å². The summed E-state index contributed by atoms with van der Waals surface area (Å²) in [5, 5.41) is 0. The van der Waals surface area contributed by atoms with Crippen LogP contribution in [-0.2, 0) is 0 Å². The highest BCUT2D eigenvalue weighted by atomic mass is 15.2. The van der Waals surface area contributed by atoms with Crippen molar-refractivity contribution in [1.29, 1.82) is 0 Å². The highest BCUT2D eigenvalue weighted by Crippen LogP contribution is 2.34. The first-order valence-electron chi connectivity index (χ1n) is 5.71. The molecule has 76 valence electrons. The van der Waals surface area contributed by atoms with Gasteiger partial charge in [0.25, 0.3) is 0 Å². The van der Waals surface area contributed by atoms with Gasteiger partial charge in [0.1, 0.15) is 0 Å². The lowest BCUT2D eigenvalue weighted by atomic mass is 9.80. The van der Waals surface area contributed by atoms with Crippen LogP contribution in [0.1, 0.15) is 45.4 Å². The minimum atomic E-state index is 0.482. The van der Waals surface area contributed by atoms with E-state index in [0.717, 1.165) is 0 Å². The molecule has 0 atom stereocenters. The van der Waals surface area contributed by atoms with Crippen molar-refractivity contribution in [1.82, 2.24) is 4.90 Å². The average molecular weight is 182 g/mol. The van der Waals surface area contributed by atoms with E-state index in [2.05, 4.69) is 11.8 Å². The standard InChI is InChI=1S/C11H22N2/c1-11(13-8-2-3-9-13)6-4-10(12)5-7-11/h10H,2-9,12H2,1H3. The van der Waals surface area contributed by atoms with Crippen molar-refractivity contribution in [3.8, 4) is 0 Å². The van der Waals surface area contributed by atoms with Gasteiger partial charge >= 0.3 is 0 Å². The maximum Gasteiger partial charge on any atom is 0.0182 e. The van der Waals surface area contributed by atoms with Crippen LogP contribution in [0, 0.1) is 0 Å². The van der Waals surface area contributed by atoms with Gasteiger partial charge in [-0.05, 0) is 58.5 Å². The zero-order chi connectivity index (χ0) is 9.31. The van der Waals surface area contributed by atoms with E-state index in [1.165, 1.54) is 51.6 Å². The molecule has 2 N–H and O–H groups in total. The first-order valence-corrected chi connectivity index (χ1v) is 5.71. The van der Waals surface area contributed by atoms with E-state index in [9.17, 15) is 0 Å². The van der Waals surface area contributed by atoms with Crippen molar-refractivity contribution in [2.75, 3.05) is 13.1 Å². The molecule has 1 saturated heterocycles. The number of likely N-dealkylation sites (tertiary alicyclic amines) is 1. The molecule has 0 aromatic carbocycles. The van der Waals surface area contributed by atoms with Crippen LogP contribution in [-0.4, -0.2) is 29.6 Å². The van der Waals surface area contributed by atoms with Gasteiger partial charge < -0.3 is 5.73 Å². The zero-order valence-corrected chi connectivity index (χ0v) is 8.76. The Bertz CT molecular complexity index is 165. The molecule has 1 saturated carbocycles. The van der Waals surface area contributed by atoms with Gasteiger partial charge in [0.15, 0.2) is 0 Å². The number of hydrogen-bond acceptors (Lipinski definition) is 2. The van der Waals surface area contributed by atoms with E-state index >= 15 is 0 Å². The monoisotopic (exact) mass is 182 g/mol. The fourth-order valence-electron chi connectivity index (χ4n) is 2.84. The van der Waals surface area contributed by atoms with Gasteiger partial charge in [0.05, 0.1) is 0 Å². The van der Waals surface area contributed by atoms with Crippen LogP contribution in [0.5, 0.6) is 0 Å². The fraction of sp³-hybridized carbons (Fsp3) is 1.00. The Labute approximate surface area is 81.5 Å². The third-order valence-electron chi connectivity index (χ3n) is 3.98. The summed E-state index contributed by atoms with van der Waals surface area (Å²) in [7, 11) is 0. The van der Waals surface area contributed by atoms with Gasteiger partial charge in [-0.1, -0.05) is 0 Å². The summed E-state index contributed by atoms with van der Waals surface area (Å²) in [6.45, 7) is 5.08. The molecule has 2 nitrogen and oxygen atoms in total. The zero-order valence-electron chi connectivity index (χ0n) is 8.76. The van der Waals surface area contributed by atoms with Crippen LogP contribution in [0.4, 0.5) is 0 Å². The Morgan fingerprint density at radius 2 is 1.69 bits per heavy atom. The molecule has 2 aliphatic rings. The molecule has 2 heteroatoms. The van der Waals surface area contributed by atoms with Crippen molar-refractivity contribution in [3.05, 3.63) is 0 Å². The number of hydrogen-bond donors (Lipinski definition) is 1. The summed E-state index contributed by atoms with van der Waals surface area (Å²) in [6.07, 6.45) is 7.89. The Morgan fingerprint density at radius 3 is 2.23 bits per heavy atom. The Balaban J connectivity index is 1.95. The minimum absolute atomic E-state index is 0.482. The maximum atomic E-state index is 5.94. The highest BCUT2D eigenvalue weighted by molar-refractivity contribution is 4.93. The molecule has 13 heavy (non-hydrogen) atoms. The van der Waals surface area contributed by atoms with Crippen molar-refractivity contribution >= 4 is 0 Å². The van der Waals surface area contributed by atoms with E-state index < -0.39 is 0 Å². The fourth-order valence-corrected chi connectivity index (χ4v) is 2.84. The molecule has 1 heterocycles. The van der Waals surface area contributed by atoms with E-state index in [1.54, 1.807) is 0 Å². The maximum absolute atomic E-state index is 5.94. The third kappa shape index (κ3) is 1.89. The van der Waals surface area contributed by atoms with E-state index in [1.807, 2.05) is 0 Å². The van der Waals surface area contributed by atoms with Gasteiger partial charge in [-0.3, -0.25) is 4.90 Å². The molecule has 1 aliphatic heterocycles. The minimum Gasteiger partial charge on any atom is -0.328 e. The van der Waals surface area contributed by atoms with Gasteiger partial charge in [-0.15, -0.1) is 0 Å². The molecule has 0 unspecified atom stereocenters. The van der Waals surface area contributed by atoms with Crippen molar-refractivity contribution < 1.29 is 0 Å². The van der Waals surface area contributed by atoms with Crippen molar-refractivity contribution in [3.63, 3.8) is 0 Å². The first-order chi connectivity index (χ1) is 6.21. The lowest BCUT2D eigenvalue weighted by molar-refractivity contribution is 0.0851. The molecular formula is C11H22N2. The van der Waals surface area contributed by atoms with Gasteiger partial charge in [-0.2, -0.15) is 0 Å². The molecule has 2 rings (SSSR count). The summed E-state index contributed by atoms with van der Waals surface area (Å²) in [5.41, 5.74) is 6.43. The Morgan fingerprint density at radius 1 is 1.15 bits per heavy atom. The number of nitrogens with two attached hydrogens (primary N) is 1. The lowest BCUT2D eigenvalue weighted by Crippen LogP contribution is -2.49. The molecule has 0 spiro atoms. The second-order valence-corrected chi connectivity index (χ2v) is 5.03. The van der Waals surface area contributed by atoms with Crippen LogP contribution in [0.15, 0.2) is 0 Å². The molecule has 0 aromatic heterocycles. The number of rotatable bonds is 1. The van der Waals surface area contributed by atoms with E-state index in [0.29, 0.717) is 11.6 Å². The third-order valence-corrected chi connectivity index (χ3v) is 3.98. The Hall–Kier alpha value is -0.0800. The van der Waals surface area contributed by atoms with Crippen molar-refractivity contribution in [2.45, 2.75) is 57.0 Å². The van der Waals surface area contributed by atoms with Gasteiger partial charge in [0.2, 0.25) is 0 Å². The largest absolute Gasteiger partial charge is 0.328 e. The Kier molecular flexibility index (Phi) is 2.61. The predicted octanol–water partition coefficient (Wildman–Crippen LogP) is 1.74. The lowest BCUT2D eigenvalue weighted by Gasteiger charge is -2.43. The summed E-state index contributed by atoms with van der Waals surface area (Å²) in [6, 6.07) is 0.482. The van der Waals surface area contributed by atoms with E-state index in [-0.39, 0.29) is 0 Å². The molecular weight excluding hydrogens is 160 g/mol. The average Bonchev–Trinajstić information content (AvgIpc) is 2.63. The van der Waals surface area contributed by atoms with Gasteiger partial charge in [0, 0.05) is 11.6 Å².